The molecule has 0 unspecified atom stereocenters. The van der Waals surface area contributed by atoms with Gasteiger partial charge < -0.3 is 86.6 Å². The monoisotopic (exact) mass is 1850 g/mol. The summed E-state index contributed by atoms with van der Waals surface area (Å²) < 4.78 is 205. The minimum Gasteiger partial charge on any atom is -0.489 e. The van der Waals surface area contributed by atoms with E-state index >= 15 is 0 Å². The molecule has 0 atom stereocenters. The van der Waals surface area contributed by atoms with Gasteiger partial charge in [0.25, 0.3) is 47.3 Å². The molecule has 47 nitrogen and oxygen atoms in total. The molecule has 0 spiro atoms. The van der Waals surface area contributed by atoms with Gasteiger partial charge in [-0.25, -0.2) is 0 Å². The topological polar surface area (TPSA) is 558 Å². The number of ether oxygens (including phenoxy) is 3. The molecule has 0 radical (unpaired) electrons. The van der Waals surface area contributed by atoms with E-state index in [0.29, 0.717) is 11.3 Å². The van der Waals surface area contributed by atoms with Crippen molar-refractivity contribution < 1.29 is 161 Å². The minimum absolute atomic E-state index is 0.0197. The first kappa shape index (κ1) is 104. The molecule has 0 bridgehead atoms. The Balaban J connectivity index is 1.84. The summed E-state index contributed by atoms with van der Waals surface area (Å²) in [5, 5.41) is 0. The highest BCUT2D eigenvalue weighted by molar-refractivity contribution is 7.56. The Kier molecular flexibility index (Phi) is 43.3. The van der Waals surface area contributed by atoms with Gasteiger partial charge in [0.1, 0.15) is 87.4 Å². The van der Waals surface area contributed by atoms with Gasteiger partial charge >= 0.3 is 60.8 Å². The van der Waals surface area contributed by atoms with E-state index in [0.717, 1.165) is 151 Å². The maximum Gasteiger partial charge on any atom is 0.344 e. The summed E-state index contributed by atoms with van der Waals surface area (Å²) >= 11 is 0. The highest BCUT2D eigenvalue weighted by Gasteiger charge is 2.38. The standard InChI is InChI=1S/C64H102N12O35P8/c1-46-18-20-54(21-19-46)109-37-49-26-55(110-35-47-22-50(61(81)69-65-57(77)31-73(38-112(85,93-2)94-3)39-113(86,95-4)96-5)28-51(23-47)62(82)70-66-58(78)32-74(40-114(87,97-6)98-7)41-115(88,99-8)100-9)30-56(27-49)111-36-48-24-52(63(83)71-67-59(79)33-75(42-116(89,101-10)102-11)43-117(90,103-12)104-13)29-53(25-48)64(84)72-68-60(80)34-76(44-118(91,105-14)106-15)45-119(92,107-16)108-17/h18-30H,31-45H2,1-17H3,(H,65,77)(H,66,78)(H,67,79)(H,68,80)(H,69,81)(H,70,82)(H,71,83)(H,72,84). The third-order valence-corrected chi connectivity index (χ3v) is 31.3. The number of amides is 8. The summed E-state index contributed by atoms with van der Waals surface area (Å²) in [6.07, 6.45) is -5.00. The fraction of sp³-hybridized carbons (Fsp3) is 0.500. The molecule has 8 amide bonds. The van der Waals surface area contributed by atoms with Gasteiger partial charge in [-0.3, -0.25) is 138 Å². The van der Waals surface area contributed by atoms with Crippen LogP contribution in [0.15, 0.2) is 78.9 Å². The van der Waals surface area contributed by atoms with E-state index in [-0.39, 0.29) is 51.5 Å². The SMILES string of the molecule is COP(=O)(CN(CC(=O)NNC(=O)c1cc(COc2cc(COc3ccc(C)cc3)cc(OCc3cc(C(=O)NNC(=O)CN(CP(=O)(OC)OC)CP(=O)(OC)OC)cc(C(=O)NNC(=O)CN(CP(=O)(OC)OC)CP(=O)(OC)OC)c3)c2)cc(C(=O)NNC(=O)CN(CP(=O)(OC)OC)CP(=O)(OC)OC)c1)CP(=O)(OC)OC)OC. The highest BCUT2D eigenvalue weighted by Crippen LogP contribution is 2.55. The quantitative estimate of drug-likeness (QED) is 0.0172. The fourth-order valence-electron chi connectivity index (χ4n) is 9.91. The summed E-state index contributed by atoms with van der Waals surface area (Å²) in [6, 6.07) is 18.6. The summed E-state index contributed by atoms with van der Waals surface area (Å²) in [5.74, 6) is -7.80. The lowest BCUT2D eigenvalue weighted by Crippen LogP contribution is -2.47. The minimum atomic E-state index is -3.96. The van der Waals surface area contributed by atoms with Crippen molar-refractivity contribution in [2.75, 3.05) is 190 Å². The van der Waals surface area contributed by atoms with Crippen molar-refractivity contribution in [1.29, 1.82) is 0 Å². The van der Waals surface area contributed by atoms with Crippen molar-refractivity contribution in [1.82, 2.24) is 63.0 Å². The van der Waals surface area contributed by atoms with Gasteiger partial charge in [0.2, 0.25) is 0 Å². The molecule has 4 rings (SSSR count). The van der Waals surface area contributed by atoms with E-state index in [2.05, 4.69) is 43.4 Å². The zero-order valence-corrected chi connectivity index (χ0v) is 75.4. The summed E-state index contributed by atoms with van der Waals surface area (Å²) in [4.78, 5) is 115. The lowest BCUT2D eigenvalue weighted by Gasteiger charge is -2.27. The van der Waals surface area contributed by atoms with Crippen LogP contribution in [0.2, 0.25) is 0 Å². The second-order valence-corrected chi connectivity index (χ2v) is 42.5. The molecule has 0 fully saturated rings. The van der Waals surface area contributed by atoms with Crippen molar-refractivity contribution in [2.45, 2.75) is 26.7 Å². The van der Waals surface area contributed by atoms with Crippen LogP contribution in [0, 0.1) is 6.92 Å². The predicted octanol–water partition coefficient (Wildman–Crippen LogP) is 6.53. The van der Waals surface area contributed by atoms with Crippen LogP contribution in [0.4, 0.5) is 0 Å². The van der Waals surface area contributed by atoms with Crippen LogP contribution >= 0.6 is 60.8 Å². The van der Waals surface area contributed by atoms with E-state index in [1.807, 2.05) is 6.92 Å². The first-order valence-electron chi connectivity index (χ1n) is 34.3. The Morgan fingerprint density at radius 3 is 0.630 bits per heavy atom. The van der Waals surface area contributed by atoms with Gasteiger partial charge in [0.15, 0.2) is 0 Å². The molecule has 668 valence electrons. The number of benzene rings is 4. The number of nitrogens with one attached hydrogen (secondary N) is 8. The normalized spacial score (nSPS) is 12.4. The van der Waals surface area contributed by atoms with Crippen molar-refractivity contribution in [2.24, 2.45) is 0 Å². The van der Waals surface area contributed by atoms with Crippen LogP contribution in [0.5, 0.6) is 17.2 Å². The number of hydrazine groups is 4. The maximum atomic E-state index is 14.2. The molecule has 0 heterocycles. The van der Waals surface area contributed by atoms with E-state index in [1.165, 1.54) is 42.5 Å². The summed E-state index contributed by atoms with van der Waals surface area (Å²) in [5.41, 5.74) is 17.6. The zero-order valence-electron chi connectivity index (χ0n) is 68.3. The zero-order chi connectivity index (χ0) is 89.2. The molecular formula is C64H102N12O35P8. The van der Waals surface area contributed by atoms with Crippen molar-refractivity contribution >= 4 is 108 Å². The number of carbonyl (C=O) groups excluding carboxylic acids is 8. The van der Waals surface area contributed by atoms with E-state index in [1.54, 1.807) is 24.3 Å². The van der Waals surface area contributed by atoms with Crippen LogP contribution < -0.4 is 57.6 Å². The van der Waals surface area contributed by atoms with Gasteiger partial charge in [-0.15, -0.1) is 0 Å². The molecule has 8 N–H and O–H groups in total. The average molecular weight is 1850 g/mol. The first-order valence-corrected chi connectivity index (χ1v) is 48.2. The molecule has 4 aromatic carbocycles. The predicted molar refractivity (Wildman–Crippen MR) is 425 cm³/mol. The Morgan fingerprint density at radius 1 is 0.252 bits per heavy atom. The molecule has 0 aliphatic rings. The van der Waals surface area contributed by atoms with Crippen LogP contribution in [0.3, 0.4) is 0 Å². The van der Waals surface area contributed by atoms with Gasteiger partial charge in [-0.2, -0.15) is 0 Å². The molecule has 55 heteroatoms. The van der Waals surface area contributed by atoms with Crippen molar-refractivity contribution in [3.63, 3.8) is 0 Å². The molecular weight excluding hydrogens is 1740 g/mol. The third kappa shape index (κ3) is 35.1. The summed E-state index contributed by atoms with van der Waals surface area (Å²) in [7, 11) is -14.4. The Labute approximate surface area is 687 Å². The highest BCUT2D eigenvalue weighted by atomic mass is 31.2. The number of aryl methyl sites for hydroxylation is 1. The molecule has 0 saturated carbocycles. The van der Waals surface area contributed by atoms with Crippen LogP contribution in [-0.2, 0) is 148 Å². The van der Waals surface area contributed by atoms with Crippen LogP contribution in [0.25, 0.3) is 0 Å². The number of rotatable bonds is 53. The molecule has 0 aromatic heterocycles. The fourth-order valence-corrected chi connectivity index (χ4v) is 19.1. The van der Waals surface area contributed by atoms with E-state index < -0.39 is 198 Å². The van der Waals surface area contributed by atoms with E-state index in [4.69, 9.17) is 86.6 Å². The molecule has 0 aliphatic heterocycles. The van der Waals surface area contributed by atoms with Crippen molar-refractivity contribution in [3.8, 4) is 17.2 Å². The molecule has 0 aliphatic carbocycles. The van der Waals surface area contributed by atoms with Crippen LogP contribution in [-0.4, -0.2) is 257 Å². The molecule has 4 aromatic rings. The molecule has 0 saturated heterocycles. The molecule has 119 heavy (non-hydrogen) atoms. The Hall–Kier alpha value is -6.92. The number of hydrogen-bond donors (Lipinski definition) is 8. The largest absolute Gasteiger partial charge is 0.489 e. The second kappa shape index (κ2) is 49.4. The van der Waals surface area contributed by atoms with Gasteiger partial charge in [0, 0.05) is 142 Å². The Bertz CT molecular complexity index is 3890. The number of hydrogen-bond acceptors (Lipinski definition) is 39. The third-order valence-electron chi connectivity index (χ3n) is 16.4. The number of carbonyl (C=O) groups is 8. The van der Waals surface area contributed by atoms with Crippen molar-refractivity contribution in [3.05, 3.63) is 123 Å². The summed E-state index contributed by atoms with van der Waals surface area (Å²) in [6.45, 7) is -2.25. The number of nitrogens with zero attached hydrogens (tertiary/aromatic N) is 4. The second-order valence-electron chi connectivity index (χ2n) is 24.6. The van der Waals surface area contributed by atoms with Gasteiger partial charge in [-0.1, -0.05) is 17.7 Å². The lowest BCUT2D eigenvalue weighted by molar-refractivity contribution is -0.123. The maximum absolute atomic E-state index is 14.2. The Morgan fingerprint density at radius 2 is 0.437 bits per heavy atom. The average Bonchev–Trinajstić information content (AvgIpc) is 0.824. The van der Waals surface area contributed by atoms with Gasteiger partial charge in [-0.05, 0) is 84.3 Å². The van der Waals surface area contributed by atoms with Gasteiger partial charge in [0.05, 0.1) is 26.2 Å². The lowest BCUT2D eigenvalue weighted by atomic mass is 10.0. The smallest absolute Gasteiger partial charge is 0.344 e. The van der Waals surface area contributed by atoms with E-state index in [9.17, 15) is 74.9 Å². The van der Waals surface area contributed by atoms with Crippen LogP contribution in [0.1, 0.15) is 63.7 Å². The first-order chi connectivity index (χ1) is 56.1.